The second kappa shape index (κ2) is 10.9. The number of aliphatic hydroxyl groups is 1. The summed E-state index contributed by atoms with van der Waals surface area (Å²) in [7, 11) is 3.48. The second-order valence-corrected chi connectivity index (χ2v) is 6.46. The minimum atomic E-state index is -0.381. The number of aliphatic imine (C=N–C) groups is 1. The Morgan fingerprint density at radius 1 is 1.36 bits per heavy atom. The molecular formula is C18H29FIN3O2. The molecule has 1 aromatic rings. The number of halogens is 2. The highest BCUT2D eigenvalue weighted by atomic mass is 127. The number of nitrogens with one attached hydrogen (secondary N) is 2. The molecule has 2 rings (SSSR count). The third-order valence-corrected chi connectivity index (χ3v) is 4.85. The van der Waals surface area contributed by atoms with E-state index in [1.807, 2.05) is 0 Å². The van der Waals surface area contributed by atoms with E-state index in [2.05, 4.69) is 15.6 Å². The van der Waals surface area contributed by atoms with E-state index in [9.17, 15) is 4.39 Å². The van der Waals surface area contributed by atoms with Crippen LogP contribution in [0.4, 0.5) is 4.39 Å². The SMILES string of the molecule is CN=C(NCc1ccc(F)c(CO)c1)NCC1(CCOC)CCC1.I. The monoisotopic (exact) mass is 465 g/mol. The van der Waals surface area contributed by atoms with Gasteiger partial charge >= 0.3 is 0 Å². The van der Waals surface area contributed by atoms with Crippen LogP contribution in [0.1, 0.15) is 36.8 Å². The van der Waals surface area contributed by atoms with Gasteiger partial charge in [-0.05, 0) is 42.4 Å². The molecule has 1 aromatic carbocycles. The third-order valence-electron chi connectivity index (χ3n) is 4.85. The summed E-state index contributed by atoms with van der Waals surface area (Å²) in [4.78, 5) is 4.24. The van der Waals surface area contributed by atoms with E-state index in [-0.39, 0.29) is 36.4 Å². The van der Waals surface area contributed by atoms with Gasteiger partial charge in [-0.2, -0.15) is 0 Å². The van der Waals surface area contributed by atoms with Crippen LogP contribution in [-0.4, -0.2) is 38.4 Å². The summed E-state index contributed by atoms with van der Waals surface area (Å²) in [6.07, 6.45) is 4.78. The summed E-state index contributed by atoms with van der Waals surface area (Å²) in [6.45, 7) is 1.89. The number of ether oxygens (including phenoxy) is 1. The molecule has 142 valence electrons. The molecule has 1 saturated carbocycles. The molecule has 1 aliphatic rings. The summed E-state index contributed by atoms with van der Waals surface area (Å²) in [5.41, 5.74) is 1.53. The molecule has 1 aliphatic carbocycles. The lowest BCUT2D eigenvalue weighted by molar-refractivity contribution is 0.0732. The van der Waals surface area contributed by atoms with Gasteiger partial charge < -0.3 is 20.5 Å². The Morgan fingerprint density at radius 3 is 2.68 bits per heavy atom. The molecule has 0 unspecified atom stereocenters. The van der Waals surface area contributed by atoms with Gasteiger partial charge in [0.05, 0.1) is 6.61 Å². The highest BCUT2D eigenvalue weighted by Crippen LogP contribution is 2.43. The van der Waals surface area contributed by atoms with Gasteiger partial charge in [0.2, 0.25) is 0 Å². The van der Waals surface area contributed by atoms with E-state index in [4.69, 9.17) is 9.84 Å². The summed E-state index contributed by atoms with van der Waals surface area (Å²) in [6, 6.07) is 4.76. The zero-order valence-electron chi connectivity index (χ0n) is 15.0. The standard InChI is InChI=1S/C18H28FN3O2.HI/c1-20-17(22-13-18(6-3-7-18)8-9-24-2)21-11-14-4-5-16(19)15(10-14)12-23;/h4-5,10,23H,3,6-9,11-13H2,1-2H3,(H2,20,21,22);1H. The number of rotatable bonds is 8. The summed E-state index contributed by atoms with van der Waals surface area (Å²) in [5.74, 6) is 0.349. The Kier molecular flexibility index (Phi) is 9.66. The normalized spacial score (nSPS) is 15.9. The maximum Gasteiger partial charge on any atom is 0.191 e. The molecule has 1 fully saturated rings. The lowest BCUT2D eigenvalue weighted by Gasteiger charge is -2.42. The molecule has 0 heterocycles. The Labute approximate surface area is 166 Å². The summed E-state index contributed by atoms with van der Waals surface area (Å²) < 4.78 is 18.6. The van der Waals surface area contributed by atoms with E-state index in [1.165, 1.54) is 25.3 Å². The van der Waals surface area contributed by atoms with Crippen LogP contribution in [0.3, 0.4) is 0 Å². The second-order valence-electron chi connectivity index (χ2n) is 6.46. The van der Waals surface area contributed by atoms with Gasteiger partial charge in [-0.1, -0.05) is 12.5 Å². The molecule has 0 atom stereocenters. The molecule has 0 spiro atoms. The smallest absolute Gasteiger partial charge is 0.191 e. The van der Waals surface area contributed by atoms with Crippen LogP contribution in [0.25, 0.3) is 0 Å². The van der Waals surface area contributed by atoms with Crippen LogP contribution < -0.4 is 10.6 Å². The average Bonchev–Trinajstić information content (AvgIpc) is 2.57. The molecule has 7 heteroatoms. The first kappa shape index (κ1) is 22.1. The number of hydrogen-bond acceptors (Lipinski definition) is 3. The van der Waals surface area contributed by atoms with E-state index >= 15 is 0 Å². The van der Waals surface area contributed by atoms with Crippen molar-refractivity contribution in [3.05, 3.63) is 35.1 Å². The number of aliphatic hydroxyl groups excluding tert-OH is 1. The zero-order valence-corrected chi connectivity index (χ0v) is 17.3. The Balaban J connectivity index is 0.00000312. The van der Waals surface area contributed by atoms with Gasteiger partial charge in [0.15, 0.2) is 5.96 Å². The largest absolute Gasteiger partial charge is 0.392 e. The first-order valence-electron chi connectivity index (χ1n) is 8.44. The molecule has 5 nitrogen and oxygen atoms in total. The number of hydrogen-bond donors (Lipinski definition) is 3. The number of guanidine groups is 1. The molecule has 3 N–H and O–H groups in total. The van der Waals surface area contributed by atoms with Crippen LogP contribution in [0.2, 0.25) is 0 Å². The van der Waals surface area contributed by atoms with E-state index in [0.717, 1.165) is 31.1 Å². The molecule has 0 bridgehead atoms. The minimum Gasteiger partial charge on any atom is -0.392 e. The van der Waals surface area contributed by atoms with Crippen molar-refractivity contribution >= 4 is 29.9 Å². The quantitative estimate of drug-likeness (QED) is 0.314. The topological polar surface area (TPSA) is 65.9 Å². The third kappa shape index (κ3) is 6.38. The Hall–Kier alpha value is -0.930. The predicted molar refractivity (Wildman–Crippen MR) is 109 cm³/mol. The lowest BCUT2D eigenvalue weighted by Crippen LogP contribution is -2.46. The molecule has 25 heavy (non-hydrogen) atoms. The van der Waals surface area contributed by atoms with Gasteiger partial charge in [-0.3, -0.25) is 4.99 Å². The fourth-order valence-corrected chi connectivity index (χ4v) is 3.05. The van der Waals surface area contributed by atoms with Crippen molar-refractivity contribution in [2.45, 2.75) is 38.8 Å². The van der Waals surface area contributed by atoms with Crippen LogP contribution >= 0.6 is 24.0 Å². The molecule has 0 aromatic heterocycles. The Morgan fingerprint density at radius 2 is 2.12 bits per heavy atom. The predicted octanol–water partition coefficient (Wildman–Crippen LogP) is 2.81. The van der Waals surface area contributed by atoms with Crippen molar-refractivity contribution in [3.63, 3.8) is 0 Å². The van der Waals surface area contributed by atoms with Crippen LogP contribution in [0.15, 0.2) is 23.2 Å². The van der Waals surface area contributed by atoms with Crippen LogP contribution in [-0.2, 0) is 17.9 Å². The van der Waals surface area contributed by atoms with Crippen molar-refractivity contribution in [1.82, 2.24) is 10.6 Å². The molecule has 0 amide bonds. The zero-order chi connectivity index (χ0) is 17.4. The molecule has 0 saturated heterocycles. The molecular weight excluding hydrogens is 436 g/mol. The maximum absolute atomic E-state index is 13.4. The van der Waals surface area contributed by atoms with Crippen molar-refractivity contribution in [1.29, 1.82) is 0 Å². The maximum atomic E-state index is 13.4. The Bertz CT molecular complexity index is 565. The van der Waals surface area contributed by atoms with Gasteiger partial charge in [-0.25, -0.2) is 4.39 Å². The average molecular weight is 465 g/mol. The molecule has 0 aliphatic heterocycles. The summed E-state index contributed by atoms with van der Waals surface area (Å²) >= 11 is 0. The first-order chi connectivity index (χ1) is 11.6. The van der Waals surface area contributed by atoms with Crippen molar-refractivity contribution in [2.24, 2.45) is 10.4 Å². The van der Waals surface area contributed by atoms with Crippen LogP contribution in [0, 0.1) is 11.2 Å². The van der Waals surface area contributed by atoms with Gasteiger partial charge in [0.25, 0.3) is 0 Å². The first-order valence-corrected chi connectivity index (χ1v) is 8.44. The minimum absolute atomic E-state index is 0. The summed E-state index contributed by atoms with van der Waals surface area (Å²) in [5, 5.41) is 15.8. The van der Waals surface area contributed by atoms with Crippen LogP contribution in [0.5, 0.6) is 0 Å². The fourth-order valence-electron chi connectivity index (χ4n) is 3.05. The number of benzene rings is 1. The van der Waals surface area contributed by atoms with Gasteiger partial charge in [0.1, 0.15) is 5.82 Å². The van der Waals surface area contributed by atoms with Gasteiger partial charge in [-0.15, -0.1) is 24.0 Å². The number of nitrogens with zero attached hydrogens (tertiary/aromatic N) is 1. The highest BCUT2D eigenvalue weighted by Gasteiger charge is 2.36. The number of methoxy groups -OCH3 is 1. The van der Waals surface area contributed by atoms with Crippen molar-refractivity contribution in [2.75, 3.05) is 27.3 Å². The van der Waals surface area contributed by atoms with Crippen molar-refractivity contribution in [3.8, 4) is 0 Å². The van der Waals surface area contributed by atoms with Crippen molar-refractivity contribution < 1.29 is 14.2 Å². The lowest BCUT2D eigenvalue weighted by atomic mass is 9.67. The fraction of sp³-hybridized carbons (Fsp3) is 0.611. The highest BCUT2D eigenvalue weighted by molar-refractivity contribution is 14.0. The van der Waals surface area contributed by atoms with E-state index in [0.29, 0.717) is 17.5 Å². The van der Waals surface area contributed by atoms with Gasteiger partial charge in [0, 0.05) is 39.4 Å². The van der Waals surface area contributed by atoms with E-state index in [1.54, 1.807) is 26.3 Å². The van der Waals surface area contributed by atoms with E-state index < -0.39 is 0 Å². The molecule has 0 radical (unpaired) electrons.